The maximum absolute atomic E-state index is 3.91. The molecule has 1 fully saturated rings. The Kier molecular flexibility index (Phi) is 1.66. The Balaban J connectivity index is 2.82. The van der Waals surface area contributed by atoms with Gasteiger partial charge < -0.3 is 4.90 Å². The van der Waals surface area contributed by atoms with Crippen molar-refractivity contribution in [3.63, 3.8) is 0 Å². The predicted molar refractivity (Wildman–Crippen MR) is 44.2 cm³/mol. The van der Waals surface area contributed by atoms with Crippen molar-refractivity contribution >= 4 is 0 Å². The summed E-state index contributed by atoms with van der Waals surface area (Å²) < 4.78 is 0. The van der Waals surface area contributed by atoms with Crippen LogP contribution in [0, 0.1) is 0 Å². The highest BCUT2D eigenvalue weighted by Crippen LogP contribution is 2.30. The minimum Gasteiger partial charge on any atom is -0.324 e. The molecule has 54 valence electrons. The second-order valence-electron chi connectivity index (χ2n) is 2.70. The van der Waals surface area contributed by atoms with Crippen LogP contribution in [-0.4, -0.2) is 4.90 Å². The third-order valence-electron chi connectivity index (χ3n) is 1.72. The largest absolute Gasteiger partial charge is 0.324 e. The van der Waals surface area contributed by atoms with Crippen LogP contribution >= 0.6 is 0 Å². The summed E-state index contributed by atoms with van der Waals surface area (Å²) in [6, 6.07) is 0. The van der Waals surface area contributed by atoms with E-state index < -0.39 is 0 Å². The Labute approximate surface area is 62.3 Å². The summed E-state index contributed by atoms with van der Waals surface area (Å²) in [5.41, 5.74) is 3.27. The van der Waals surface area contributed by atoms with Gasteiger partial charge in [0.1, 0.15) is 0 Å². The molecule has 0 bridgehead atoms. The van der Waals surface area contributed by atoms with Crippen molar-refractivity contribution in [3.8, 4) is 0 Å². The zero-order valence-corrected chi connectivity index (χ0v) is 6.48. The minimum absolute atomic E-state index is 1.02. The lowest BCUT2D eigenvalue weighted by Crippen LogP contribution is -2.10. The first-order chi connectivity index (χ1) is 4.63. The van der Waals surface area contributed by atoms with Gasteiger partial charge in [0.15, 0.2) is 0 Å². The van der Waals surface area contributed by atoms with Crippen molar-refractivity contribution in [1.82, 2.24) is 4.90 Å². The zero-order chi connectivity index (χ0) is 7.72. The minimum atomic E-state index is 1.02. The highest BCUT2D eigenvalue weighted by atomic mass is 15.2. The molecule has 0 amide bonds. The normalized spacial score (nSPS) is 18.3. The first-order valence-corrected chi connectivity index (χ1v) is 3.44. The molecule has 1 nitrogen and oxygen atoms in total. The molecule has 0 aromatic heterocycles. The predicted octanol–water partition coefficient (Wildman–Crippen LogP) is 2.64. The van der Waals surface area contributed by atoms with Gasteiger partial charge in [-0.2, -0.15) is 0 Å². The average Bonchev–Trinajstić information content (AvgIpc) is 2.11. The van der Waals surface area contributed by atoms with E-state index in [0.717, 1.165) is 29.9 Å². The van der Waals surface area contributed by atoms with Crippen LogP contribution < -0.4 is 0 Å². The van der Waals surface area contributed by atoms with Gasteiger partial charge in [-0.05, 0) is 19.8 Å². The topological polar surface area (TPSA) is 3.24 Å². The summed E-state index contributed by atoms with van der Waals surface area (Å²) in [5, 5.41) is 0. The van der Waals surface area contributed by atoms with Gasteiger partial charge in [-0.15, -0.1) is 0 Å². The fourth-order valence-electron chi connectivity index (χ4n) is 1.28. The van der Waals surface area contributed by atoms with E-state index in [0.29, 0.717) is 0 Å². The van der Waals surface area contributed by atoms with Crippen LogP contribution in [0.4, 0.5) is 0 Å². The van der Waals surface area contributed by atoms with Crippen LogP contribution in [0.3, 0.4) is 0 Å². The van der Waals surface area contributed by atoms with Crippen molar-refractivity contribution in [2.45, 2.75) is 19.8 Å². The molecule has 1 aliphatic rings. The highest BCUT2D eigenvalue weighted by molar-refractivity contribution is 5.22. The monoisotopic (exact) mass is 135 g/mol. The summed E-state index contributed by atoms with van der Waals surface area (Å²) >= 11 is 0. The fraction of sp³-hybridized carbons (Fsp3) is 0.333. The van der Waals surface area contributed by atoms with E-state index in [-0.39, 0.29) is 0 Å². The van der Waals surface area contributed by atoms with Gasteiger partial charge in [-0.1, -0.05) is 19.7 Å². The van der Waals surface area contributed by atoms with Crippen molar-refractivity contribution in [2.75, 3.05) is 0 Å². The lowest BCUT2D eigenvalue weighted by atomic mass is 10.3. The van der Waals surface area contributed by atoms with E-state index in [4.69, 9.17) is 0 Å². The van der Waals surface area contributed by atoms with Crippen molar-refractivity contribution < 1.29 is 0 Å². The fourth-order valence-corrected chi connectivity index (χ4v) is 1.28. The Morgan fingerprint density at radius 3 is 1.90 bits per heavy atom. The Hall–Kier alpha value is -0.980. The van der Waals surface area contributed by atoms with Crippen LogP contribution in [0.2, 0.25) is 0 Å². The highest BCUT2D eigenvalue weighted by Gasteiger charge is 2.18. The number of nitrogens with zero attached hydrogens (tertiary/aromatic N) is 1. The summed E-state index contributed by atoms with van der Waals surface area (Å²) in [6.07, 6.45) is 2.07. The smallest absolute Gasteiger partial charge is 0.0157 e. The second-order valence-corrected chi connectivity index (χ2v) is 2.70. The Morgan fingerprint density at radius 1 is 1.30 bits per heavy atom. The van der Waals surface area contributed by atoms with Crippen LogP contribution in [0.5, 0.6) is 0 Å². The van der Waals surface area contributed by atoms with Gasteiger partial charge in [0.05, 0.1) is 0 Å². The van der Waals surface area contributed by atoms with E-state index in [1.54, 1.807) is 0 Å². The molecule has 0 aromatic rings. The first kappa shape index (κ1) is 7.13. The third-order valence-corrected chi connectivity index (χ3v) is 1.72. The summed E-state index contributed by atoms with van der Waals surface area (Å²) in [4.78, 5) is 2.03. The van der Waals surface area contributed by atoms with E-state index in [1.807, 2.05) is 11.8 Å². The molecule has 0 spiro atoms. The third kappa shape index (κ3) is 0.991. The standard InChI is InChI=1S/C9H13N/c1-7(2)10-8(3)5-6-9(10)4/h1,3-6H2,2H3. The van der Waals surface area contributed by atoms with Gasteiger partial charge >= 0.3 is 0 Å². The number of hydrogen-bond donors (Lipinski definition) is 0. The van der Waals surface area contributed by atoms with Gasteiger partial charge in [-0.3, -0.25) is 0 Å². The quantitative estimate of drug-likeness (QED) is 0.534. The Morgan fingerprint density at radius 2 is 1.70 bits per heavy atom. The molecule has 1 aliphatic heterocycles. The first-order valence-electron chi connectivity index (χ1n) is 3.44. The van der Waals surface area contributed by atoms with Gasteiger partial charge in [0.2, 0.25) is 0 Å². The van der Waals surface area contributed by atoms with E-state index in [1.165, 1.54) is 0 Å². The van der Waals surface area contributed by atoms with E-state index in [9.17, 15) is 0 Å². The van der Waals surface area contributed by atoms with Crippen LogP contribution in [0.1, 0.15) is 19.8 Å². The zero-order valence-electron chi connectivity index (χ0n) is 6.48. The van der Waals surface area contributed by atoms with E-state index >= 15 is 0 Å². The maximum Gasteiger partial charge on any atom is 0.0157 e. The molecule has 1 heteroatoms. The molecule has 0 N–H and O–H groups in total. The van der Waals surface area contributed by atoms with Crippen molar-refractivity contribution in [1.29, 1.82) is 0 Å². The average molecular weight is 135 g/mol. The summed E-state index contributed by atoms with van der Waals surface area (Å²) in [5.74, 6) is 0. The molecular weight excluding hydrogens is 122 g/mol. The molecule has 0 unspecified atom stereocenters. The Bertz CT molecular complexity index is 185. The number of likely N-dealkylation sites (tertiary alicyclic amines) is 1. The van der Waals surface area contributed by atoms with E-state index in [2.05, 4.69) is 19.7 Å². The van der Waals surface area contributed by atoms with Gasteiger partial charge in [-0.25, -0.2) is 0 Å². The molecule has 1 heterocycles. The lowest BCUT2D eigenvalue weighted by molar-refractivity contribution is 0.573. The molecule has 0 radical (unpaired) electrons. The number of allylic oxidation sites excluding steroid dienone is 3. The lowest BCUT2D eigenvalue weighted by Gasteiger charge is -2.19. The molecule has 10 heavy (non-hydrogen) atoms. The van der Waals surface area contributed by atoms with Crippen molar-refractivity contribution in [3.05, 3.63) is 36.8 Å². The number of rotatable bonds is 1. The van der Waals surface area contributed by atoms with Crippen LogP contribution in [0.15, 0.2) is 36.8 Å². The van der Waals surface area contributed by atoms with Crippen LogP contribution in [0.25, 0.3) is 0 Å². The van der Waals surface area contributed by atoms with Gasteiger partial charge in [0, 0.05) is 17.1 Å². The molecule has 0 aromatic carbocycles. The second kappa shape index (κ2) is 2.33. The molecular formula is C9H13N. The molecule has 1 saturated heterocycles. The SMILES string of the molecule is C=C(C)N1C(=C)CCC1=C. The van der Waals surface area contributed by atoms with Crippen molar-refractivity contribution in [2.24, 2.45) is 0 Å². The molecule has 1 rings (SSSR count). The molecule has 0 atom stereocenters. The maximum atomic E-state index is 3.91. The molecule has 0 aliphatic carbocycles. The van der Waals surface area contributed by atoms with Crippen LogP contribution in [-0.2, 0) is 0 Å². The number of hydrogen-bond acceptors (Lipinski definition) is 1. The summed E-state index contributed by atoms with van der Waals surface area (Å²) in [7, 11) is 0. The van der Waals surface area contributed by atoms with Gasteiger partial charge in [0.25, 0.3) is 0 Å². The molecule has 0 saturated carbocycles. The summed E-state index contributed by atoms with van der Waals surface area (Å²) in [6.45, 7) is 13.6.